The first kappa shape index (κ1) is 12.3. The summed E-state index contributed by atoms with van der Waals surface area (Å²) in [6, 6.07) is 7.68. The van der Waals surface area contributed by atoms with Gasteiger partial charge in [0, 0.05) is 0 Å². The highest BCUT2D eigenvalue weighted by atomic mass is 16.4. The molecule has 0 radical (unpaired) electrons. The standard InChI is InChI=1S/C13H8N8O/c1-2-4-10-9(3-1)20-13(22-10)21(11-16-5-14-6-17-11)12-18-7-15-8-19-12/h1-8H. The summed E-state index contributed by atoms with van der Waals surface area (Å²) in [4.78, 5) is 29.9. The quantitative estimate of drug-likeness (QED) is 0.557. The van der Waals surface area contributed by atoms with Crippen molar-refractivity contribution in [3.05, 3.63) is 49.6 Å². The van der Waals surface area contributed by atoms with Gasteiger partial charge >= 0.3 is 6.01 Å². The molecule has 0 aliphatic carbocycles. The zero-order chi connectivity index (χ0) is 14.8. The van der Waals surface area contributed by atoms with E-state index in [-0.39, 0.29) is 6.01 Å². The largest absolute Gasteiger partial charge is 0.423 e. The zero-order valence-electron chi connectivity index (χ0n) is 11.1. The van der Waals surface area contributed by atoms with Crippen LogP contribution < -0.4 is 4.90 Å². The van der Waals surface area contributed by atoms with Crippen molar-refractivity contribution in [1.82, 2.24) is 34.9 Å². The maximum atomic E-state index is 5.75. The Balaban J connectivity index is 1.90. The van der Waals surface area contributed by atoms with Crippen LogP contribution >= 0.6 is 0 Å². The fourth-order valence-electron chi connectivity index (χ4n) is 1.91. The van der Waals surface area contributed by atoms with E-state index in [1.807, 2.05) is 24.3 Å². The molecule has 0 unspecified atom stereocenters. The van der Waals surface area contributed by atoms with Crippen LogP contribution in [-0.4, -0.2) is 34.9 Å². The zero-order valence-corrected chi connectivity index (χ0v) is 11.1. The van der Waals surface area contributed by atoms with Gasteiger partial charge in [-0.3, -0.25) is 0 Å². The molecule has 0 N–H and O–H groups in total. The SMILES string of the molecule is c1ccc2oc(N(c3ncncn3)c3ncncn3)nc2c1. The molecule has 0 atom stereocenters. The minimum atomic E-state index is 0.263. The molecule has 4 rings (SSSR count). The second-order valence-corrected chi connectivity index (χ2v) is 4.18. The lowest BCUT2D eigenvalue weighted by Gasteiger charge is -2.14. The lowest BCUT2D eigenvalue weighted by molar-refractivity contribution is 0.602. The van der Waals surface area contributed by atoms with Gasteiger partial charge < -0.3 is 4.42 Å². The summed E-state index contributed by atoms with van der Waals surface area (Å²) < 4.78 is 5.75. The van der Waals surface area contributed by atoms with Crippen molar-refractivity contribution < 1.29 is 4.42 Å². The van der Waals surface area contributed by atoms with E-state index in [1.54, 1.807) is 0 Å². The molecule has 3 heterocycles. The van der Waals surface area contributed by atoms with Crippen LogP contribution in [0.1, 0.15) is 0 Å². The van der Waals surface area contributed by atoms with Crippen LogP contribution in [0.3, 0.4) is 0 Å². The summed E-state index contributed by atoms with van der Waals surface area (Å²) in [5.41, 5.74) is 1.36. The van der Waals surface area contributed by atoms with Crippen LogP contribution in [0.15, 0.2) is 54.0 Å². The molecule has 0 amide bonds. The number of aromatic nitrogens is 7. The van der Waals surface area contributed by atoms with Crippen LogP contribution in [0, 0.1) is 0 Å². The van der Waals surface area contributed by atoms with E-state index in [0.29, 0.717) is 23.0 Å². The van der Waals surface area contributed by atoms with Crippen molar-refractivity contribution >= 4 is 29.0 Å². The molecule has 106 valence electrons. The third-order valence-corrected chi connectivity index (χ3v) is 2.83. The van der Waals surface area contributed by atoms with Crippen molar-refractivity contribution in [2.45, 2.75) is 0 Å². The fraction of sp³-hybridized carbons (Fsp3) is 0. The number of para-hydroxylation sites is 2. The van der Waals surface area contributed by atoms with Gasteiger partial charge in [0.15, 0.2) is 5.58 Å². The molecule has 1 aromatic carbocycles. The van der Waals surface area contributed by atoms with Gasteiger partial charge in [-0.1, -0.05) is 12.1 Å². The van der Waals surface area contributed by atoms with Gasteiger partial charge in [0.1, 0.15) is 30.8 Å². The summed E-state index contributed by atoms with van der Waals surface area (Å²) >= 11 is 0. The molecule has 22 heavy (non-hydrogen) atoms. The third-order valence-electron chi connectivity index (χ3n) is 2.83. The minimum absolute atomic E-state index is 0.263. The Kier molecular flexibility index (Phi) is 2.86. The van der Waals surface area contributed by atoms with E-state index < -0.39 is 0 Å². The molecule has 0 spiro atoms. The van der Waals surface area contributed by atoms with E-state index in [2.05, 4.69) is 34.9 Å². The number of hydrogen-bond acceptors (Lipinski definition) is 9. The first-order chi connectivity index (χ1) is 10.9. The van der Waals surface area contributed by atoms with Crippen molar-refractivity contribution in [2.75, 3.05) is 4.90 Å². The third kappa shape index (κ3) is 2.10. The highest BCUT2D eigenvalue weighted by Crippen LogP contribution is 2.30. The van der Waals surface area contributed by atoms with Gasteiger partial charge in [-0.15, -0.1) is 0 Å². The first-order valence-corrected chi connectivity index (χ1v) is 6.31. The maximum absolute atomic E-state index is 5.75. The lowest BCUT2D eigenvalue weighted by Crippen LogP contribution is -2.16. The number of hydrogen-bond donors (Lipinski definition) is 0. The Morgan fingerprint density at radius 2 is 1.36 bits per heavy atom. The van der Waals surface area contributed by atoms with Crippen LogP contribution in [0.5, 0.6) is 0 Å². The van der Waals surface area contributed by atoms with Gasteiger partial charge in [0.25, 0.3) is 0 Å². The Morgan fingerprint density at radius 1 is 0.773 bits per heavy atom. The molecular formula is C13H8N8O. The lowest BCUT2D eigenvalue weighted by atomic mass is 10.3. The van der Waals surface area contributed by atoms with Gasteiger partial charge in [-0.2, -0.15) is 9.88 Å². The monoisotopic (exact) mass is 292 g/mol. The molecule has 9 nitrogen and oxygen atoms in total. The second-order valence-electron chi connectivity index (χ2n) is 4.18. The molecule has 0 saturated heterocycles. The van der Waals surface area contributed by atoms with E-state index in [1.165, 1.54) is 30.2 Å². The van der Waals surface area contributed by atoms with Crippen molar-refractivity contribution in [3.8, 4) is 0 Å². The van der Waals surface area contributed by atoms with Gasteiger partial charge in [-0.05, 0) is 12.1 Å². The summed E-state index contributed by atoms with van der Waals surface area (Å²) in [6.45, 7) is 0. The fourth-order valence-corrected chi connectivity index (χ4v) is 1.91. The average Bonchev–Trinajstić information content (AvgIpc) is 3.00. The number of oxazole rings is 1. The molecule has 0 saturated carbocycles. The minimum Gasteiger partial charge on any atom is -0.423 e. The number of benzene rings is 1. The molecular weight excluding hydrogens is 284 g/mol. The number of fused-ring (bicyclic) bond motifs is 1. The summed E-state index contributed by atoms with van der Waals surface area (Å²) in [5.74, 6) is 0.598. The molecule has 4 aromatic rings. The van der Waals surface area contributed by atoms with E-state index >= 15 is 0 Å². The summed E-state index contributed by atoms with van der Waals surface area (Å²) in [6.07, 6.45) is 5.50. The Labute approximate surface area is 123 Å². The molecule has 0 aliphatic rings. The smallest absolute Gasteiger partial charge is 0.312 e. The Hall–Kier alpha value is -3.49. The van der Waals surface area contributed by atoms with Crippen molar-refractivity contribution in [1.29, 1.82) is 0 Å². The van der Waals surface area contributed by atoms with E-state index in [4.69, 9.17) is 4.42 Å². The van der Waals surface area contributed by atoms with E-state index in [9.17, 15) is 0 Å². The second kappa shape index (κ2) is 5.13. The molecule has 9 heteroatoms. The number of anilines is 3. The molecule has 0 bridgehead atoms. The van der Waals surface area contributed by atoms with Crippen LogP contribution in [0.2, 0.25) is 0 Å². The predicted octanol–water partition coefficient (Wildman–Crippen LogP) is 1.67. The highest BCUT2D eigenvalue weighted by molar-refractivity contribution is 5.76. The highest BCUT2D eigenvalue weighted by Gasteiger charge is 2.22. The first-order valence-electron chi connectivity index (χ1n) is 6.31. The summed E-state index contributed by atoms with van der Waals surface area (Å²) in [7, 11) is 0. The average molecular weight is 292 g/mol. The molecule has 0 aliphatic heterocycles. The van der Waals surface area contributed by atoms with Gasteiger partial charge in [-0.25, -0.2) is 29.9 Å². The Morgan fingerprint density at radius 3 is 1.95 bits per heavy atom. The molecule has 3 aromatic heterocycles. The number of rotatable bonds is 3. The number of nitrogens with zero attached hydrogens (tertiary/aromatic N) is 8. The van der Waals surface area contributed by atoms with Gasteiger partial charge in [0.2, 0.25) is 11.9 Å². The van der Waals surface area contributed by atoms with Crippen molar-refractivity contribution in [3.63, 3.8) is 0 Å². The van der Waals surface area contributed by atoms with Crippen LogP contribution in [0.4, 0.5) is 17.9 Å². The van der Waals surface area contributed by atoms with Crippen LogP contribution in [-0.2, 0) is 0 Å². The van der Waals surface area contributed by atoms with Crippen LogP contribution in [0.25, 0.3) is 11.1 Å². The van der Waals surface area contributed by atoms with Crippen molar-refractivity contribution in [2.24, 2.45) is 0 Å². The predicted molar refractivity (Wildman–Crippen MR) is 75.5 cm³/mol. The van der Waals surface area contributed by atoms with E-state index in [0.717, 1.165) is 0 Å². The van der Waals surface area contributed by atoms with Gasteiger partial charge in [0.05, 0.1) is 0 Å². The maximum Gasteiger partial charge on any atom is 0.312 e. The molecule has 0 fully saturated rings. The topological polar surface area (TPSA) is 107 Å². The summed E-state index contributed by atoms with van der Waals surface area (Å²) in [5, 5.41) is 0. The normalized spacial score (nSPS) is 10.7. The Bertz CT molecular complexity index is 823.